The summed E-state index contributed by atoms with van der Waals surface area (Å²) in [5, 5.41) is 34.7. The molecule has 1 saturated carbocycles. The number of carboxylic acids is 1. The average Bonchev–Trinajstić information content (AvgIpc) is 3.75. The summed E-state index contributed by atoms with van der Waals surface area (Å²) in [6, 6.07) is 19.9. The van der Waals surface area contributed by atoms with Crippen molar-refractivity contribution in [2.45, 2.75) is 77.6 Å². The van der Waals surface area contributed by atoms with Gasteiger partial charge >= 0.3 is 12.3 Å². The number of anilines is 1. The topological polar surface area (TPSA) is 220 Å². The van der Waals surface area contributed by atoms with Crippen molar-refractivity contribution in [3.63, 3.8) is 0 Å². The number of aliphatic carboxylic acids is 1. The van der Waals surface area contributed by atoms with Gasteiger partial charge in [0.05, 0.1) is 34.2 Å². The molecule has 1 aliphatic rings. The molecule has 1 fully saturated rings. The van der Waals surface area contributed by atoms with Crippen LogP contribution in [0.2, 0.25) is 0 Å². The number of aromatic amines is 1. The maximum atomic E-state index is 13.8. The fourth-order valence-corrected chi connectivity index (χ4v) is 6.68. The maximum Gasteiger partial charge on any atom is 0.430 e. The Hall–Kier alpha value is -6.37. The highest BCUT2D eigenvalue weighted by molar-refractivity contribution is 5.98. The van der Waals surface area contributed by atoms with E-state index in [1.807, 2.05) is 70.2 Å². The van der Waals surface area contributed by atoms with Crippen molar-refractivity contribution in [3.8, 4) is 22.5 Å². The Kier molecular flexibility index (Phi) is 16.9. The minimum Gasteiger partial charge on any atom is -0.542 e. The quantitative estimate of drug-likeness (QED) is 0.111. The van der Waals surface area contributed by atoms with Gasteiger partial charge in [-0.1, -0.05) is 30.3 Å². The summed E-state index contributed by atoms with van der Waals surface area (Å²) < 4.78 is 37.7. The van der Waals surface area contributed by atoms with Crippen LogP contribution in [0.25, 0.3) is 22.5 Å². The number of hydrogen-bond acceptors (Lipinski definition) is 10. The molecule has 0 unspecified atom stereocenters. The summed E-state index contributed by atoms with van der Waals surface area (Å²) in [5.41, 5.74) is 5.19. The summed E-state index contributed by atoms with van der Waals surface area (Å²) in [5.74, 6) is -3.16. The fraction of sp³-hybridized carbons (Fsp3) is 0.455. The molecule has 16 nitrogen and oxygen atoms in total. The van der Waals surface area contributed by atoms with Gasteiger partial charge in [0.2, 0.25) is 17.6 Å². The average molecular weight is 880 g/mol. The molecule has 4 amide bonds. The number of amides is 4. The molecule has 0 spiro atoms. The summed E-state index contributed by atoms with van der Waals surface area (Å²) in [6.45, 7) is 9.38. The number of rotatable bonds is 14. The highest BCUT2D eigenvalue weighted by Gasteiger charge is 2.31. The molecule has 5 N–H and O–H groups in total. The third-order valence-corrected chi connectivity index (χ3v) is 10.0. The van der Waals surface area contributed by atoms with Crippen LogP contribution in [0.15, 0.2) is 66.7 Å². The summed E-state index contributed by atoms with van der Waals surface area (Å²) >= 11 is 0. The molecule has 0 bridgehead atoms. The predicted molar refractivity (Wildman–Crippen MR) is 226 cm³/mol. The van der Waals surface area contributed by atoms with Crippen LogP contribution >= 0.6 is 0 Å². The number of halogens is 3. The van der Waals surface area contributed by atoms with Crippen LogP contribution in [-0.2, 0) is 25.5 Å². The normalized spacial score (nSPS) is 15.8. The molecule has 5 rings (SSSR count). The Morgan fingerprint density at radius 2 is 1.51 bits per heavy atom. The monoisotopic (exact) mass is 879 g/mol. The van der Waals surface area contributed by atoms with Crippen LogP contribution in [0.3, 0.4) is 0 Å². The minimum atomic E-state index is -5.19. The lowest BCUT2D eigenvalue weighted by Crippen LogP contribution is -2.48. The van der Waals surface area contributed by atoms with Crippen LogP contribution in [0.5, 0.6) is 0 Å². The number of benzene rings is 3. The second kappa shape index (κ2) is 21.6. The number of nitrogens with one attached hydrogen (secondary N) is 5. The summed E-state index contributed by atoms with van der Waals surface area (Å²) in [7, 11) is 6.27. The standard InChI is InChI=1S/C42H55N9O5.C2HF3O2/c1-27-24-33(38(52)43-22-23-51(5,6)7)18-21-35(27)30-12-8-28(9-13-30)25-36(40(54)45-34-19-16-31(17-20-34)37-47-49-50-48-37)46-39(53)32-14-10-29(11-15-32)26-44-41(55)56-42(2,3)4;3-2(4,5)1(6)7/h8-9,12-13,16-21,24,29,32,36H,10-11,14-15,22-23,25-26H2,1-7H3,(H4-,43,44,45,46,47,48,49,50,52,53,54,55);(H,6,7)/t29-,32-,36-;/m0./s1. The lowest BCUT2D eigenvalue weighted by molar-refractivity contribution is -0.869. The van der Waals surface area contributed by atoms with E-state index in [4.69, 9.17) is 14.6 Å². The third-order valence-electron chi connectivity index (χ3n) is 10.0. The Balaban J connectivity index is 0.00000115. The zero-order chi connectivity index (χ0) is 46.5. The lowest BCUT2D eigenvalue weighted by Gasteiger charge is -2.29. The molecule has 63 heavy (non-hydrogen) atoms. The number of nitrogens with zero attached hydrogens (tertiary/aromatic N) is 4. The molecular formula is C44H56F3N9O7. The van der Waals surface area contributed by atoms with Gasteiger partial charge in [-0.15, -0.1) is 10.2 Å². The van der Waals surface area contributed by atoms with Gasteiger partial charge in [0.1, 0.15) is 17.6 Å². The van der Waals surface area contributed by atoms with E-state index in [1.165, 1.54) is 0 Å². The highest BCUT2D eigenvalue weighted by atomic mass is 19.4. The number of hydrogen-bond donors (Lipinski definition) is 5. The van der Waals surface area contributed by atoms with Gasteiger partial charge in [0.25, 0.3) is 5.91 Å². The van der Waals surface area contributed by atoms with Gasteiger partial charge in [-0.25, -0.2) is 4.79 Å². The van der Waals surface area contributed by atoms with Crippen molar-refractivity contribution >= 4 is 35.5 Å². The van der Waals surface area contributed by atoms with Gasteiger partial charge in [-0.3, -0.25) is 14.4 Å². The fourth-order valence-electron chi connectivity index (χ4n) is 6.68. The zero-order valence-electron chi connectivity index (χ0n) is 36.5. The summed E-state index contributed by atoms with van der Waals surface area (Å²) in [4.78, 5) is 61.2. The first-order valence-electron chi connectivity index (χ1n) is 20.5. The van der Waals surface area contributed by atoms with Crippen LogP contribution in [0.1, 0.15) is 67.9 Å². The van der Waals surface area contributed by atoms with Crippen LogP contribution in [-0.4, -0.2) is 113 Å². The number of alkyl carbamates (subject to hydrolysis) is 1. The Labute approximate surface area is 364 Å². The van der Waals surface area contributed by atoms with Crippen LogP contribution < -0.4 is 26.4 Å². The van der Waals surface area contributed by atoms with Gasteiger partial charge in [-0.05, 0) is 123 Å². The molecule has 4 aromatic rings. The van der Waals surface area contributed by atoms with Crippen molar-refractivity contribution < 1.29 is 51.5 Å². The third kappa shape index (κ3) is 16.4. The smallest absolute Gasteiger partial charge is 0.430 e. The number of ether oxygens (including phenoxy) is 1. The first-order valence-corrected chi connectivity index (χ1v) is 20.5. The number of aryl methyl sites for hydroxylation is 1. The van der Waals surface area contributed by atoms with E-state index in [9.17, 15) is 32.3 Å². The zero-order valence-corrected chi connectivity index (χ0v) is 36.5. The van der Waals surface area contributed by atoms with E-state index in [0.29, 0.717) is 43.0 Å². The molecule has 3 aromatic carbocycles. The van der Waals surface area contributed by atoms with Crippen LogP contribution in [0, 0.1) is 18.8 Å². The molecule has 0 saturated heterocycles. The number of H-pyrrole nitrogens is 1. The predicted octanol–water partition coefficient (Wildman–Crippen LogP) is 4.57. The Morgan fingerprint density at radius 1 is 0.889 bits per heavy atom. The number of quaternary nitrogens is 1. The largest absolute Gasteiger partial charge is 0.542 e. The molecule has 19 heteroatoms. The van der Waals surface area contributed by atoms with Gasteiger partial charge < -0.3 is 40.4 Å². The molecule has 340 valence electrons. The number of tetrazole rings is 1. The Bertz CT molecular complexity index is 2160. The molecule has 1 aromatic heterocycles. The van der Waals surface area contributed by atoms with E-state index in [1.54, 1.807) is 24.3 Å². The van der Waals surface area contributed by atoms with Crippen molar-refractivity contribution in [1.82, 2.24) is 36.6 Å². The summed E-state index contributed by atoms with van der Waals surface area (Å²) in [6.07, 6.45) is -2.49. The van der Waals surface area contributed by atoms with Crippen molar-refractivity contribution in [2.24, 2.45) is 11.8 Å². The number of aromatic nitrogens is 4. The highest BCUT2D eigenvalue weighted by Crippen LogP contribution is 2.30. The van der Waals surface area contributed by atoms with E-state index in [0.717, 1.165) is 51.7 Å². The van der Waals surface area contributed by atoms with E-state index in [-0.39, 0.29) is 36.0 Å². The molecule has 1 heterocycles. The first-order chi connectivity index (χ1) is 29.5. The molecule has 0 radical (unpaired) electrons. The molecular weight excluding hydrogens is 824 g/mol. The van der Waals surface area contributed by atoms with Crippen molar-refractivity contribution in [1.29, 1.82) is 0 Å². The number of carboxylic acid groups (broad SMARTS) is 1. The SMILES string of the molecule is Cc1cc(C(=O)NCC[N+](C)(C)C)ccc1-c1ccc(C[C@H](NC(=O)[C@H]2CC[C@H](CNC(=O)OC(C)(C)C)CC2)C(=O)Nc2ccc(-c3nn[nH]n3)cc2)cc1.O=C([O-])C(F)(F)F. The number of likely N-dealkylation sites (N-methyl/N-ethyl adjacent to an activating group) is 1. The van der Waals surface area contributed by atoms with Gasteiger partial charge in [-0.2, -0.15) is 18.4 Å². The second-order valence-electron chi connectivity index (χ2n) is 17.4. The molecule has 0 aliphatic heterocycles. The first kappa shape index (κ1) is 49.3. The number of alkyl halides is 3. The van der Waals surface area contributed by atoms with Crippen molar-refractivity contribution in [2.75, 3.05) is 46.1 Å². The minimum absolute atomic E-state index is 0.0963. The number of carbonyl (C=O) groups is 5. The van der Waals surface area contributed by atoms with Gasteiger partial charge in [0.15, 0.2) is 0 Å². The van der Waals surface area contributed by atoms with Crippen molar-refractivity contribution in [3.05, 3.63) is 83.4 Å². The van der Waals surface area contributed by atoms with E-state index >= 15 is 0 Å². The second-order valence-corrected chi connectivity index (χ2v) is 17.4. The maximum absolute atomic E-state index is 13.8. The van der Waals surface area contributed by atoms with Crippen LogP contribution in [0.4, 0.5) is 23.7 Å². The number of carbonyl (C=O) groups excluding carboxylic acids is 5. The van der Waals surface area contributed by atoms with Gasteiger partial charge in [0, 0.05) is 35.7 Å². The molecule has 1 atom stereocenters. The molecule has 1 aliphatic carbocycles. The van der Waals surface area contributed by atoms with E-state index < -0.39 is 29.9 Å². The lowest BCUT2D eigenvalue weighted by atomic mass is 9.81. The van der Waals surface area contributed by atoms with E-state index in [2.05, 4.69) is 63.0 Å². The Morgan fingerprint density at radius 3 is 2.05 bits per heavy atom.